The Hall–Kier alpha value is -0.620. The van der Waals surface area contributed by atoms with Crippen molar-refractivity contribution in [3.63, 3.8) is 0 Å². The standard InChI is InChI=1S/C6H9N3OS2/c1-3(11)5(10)8-6-7-4(2)9-12-6/h3,11H,1-2H3,(H,7,8,9,10). The van der Waals surface area contributed by atoms with Crippen molar-refractivity contribution in [1.29, 1.82) is 0 Å². The number of hydrogen-bond donors (Lipinski definition) is 2. The first-order valence-corrected chi connectivity index (χ1v) is 4.68. The maximum Gasteiger partial charge on any atom is 0.238 e. The van der Waals surface area contributed by atoms with E-state index in [1.807, 2.05) is 0 Å². The van der Waals surface area contributed by atoms with Crippen molar-refractivity contribution >= 4 is 35.2 Å². The average Bonchev–Trinajstić information content (AvgIpc) is 2.35. The van der Waals surface area contributed by atoms with E-state index in [1.54, 1.807) is 13.8 Å². The van der Waals surface area contributed by atoms with Crippen molar-refractivity contribution in [3.05, 3.63) is 5.82 Å². The third-order valence-electron chi connectivity index (χ3n) is 1.14. The first-order chi connectivity index (χ1) is 5.59. The zero-order valence-electron chi connectivity index (χ0n) is 6.74. The summed E-state index contributed by atoms with van der Waals surface area (Å²) < 4.78 is 3.92. The van der Waals surface area contributed by atoms with E-state index in [0.717, 1.165) is 0 Å². The van der Waals surface area contributed by atoms with Crippen LogP contribution < -0.4 is 5.32 Å². The van der Waals surface area contributed by atoms with Gasteiger partial charge in [0.05, 0.1) is 5.25 Å². The van der Waals surface area contributed by atoms with Gasteiger partial charge in [0.25, 0.3) is 0 Å². The number of carbonyl (C=O) groups excluding carboxylic acids is 1. The lowest BCUT2D eigenvalue weighted by molar-refractivity contribution is -0.115. The number of aromatic nitrogens is 2. The molecule has 0 aliphatic rings. The number of aryl methyl sites for hydroxylation is 1. The highest BCUT2D eigenvalue weighted by Gasteiger charge is 2.09. The number of nitrogens with zero attached hydrogens (tertiary/aromatic N) is 2. The summed E-state index contributed by atoms with van der Waals surface area (Å²) in [6, 6.07) is 0. The van der Waals surface area contributed by atoms with Gasteiger partial charge < -0.3 is 0 Å². The SMILES string of the molecule is Cc1nsc(NC(=O)C(C)S)n1. The Labute approximate surface area is 80.0 Å². The molecule has 1 aromatic rings. The van der Waals surface area contributed by atoms with Gasteiger partial charge in [0.1, 0.15) is 5.82 Å². The predicted molar refractivity (Wildman–Crippen MR) is 51.7 cm³/mol. The van der Waals surface area contributed by atoms with Crippen molar-refractivity contribution in [2.75, 3.05) is 5.32 Å². The number of carbonyl (C=O) groups is 1. The van der Waals surface area contributed by atoms with E-state index in [-0.39, 0.29) is 11.2 Å². The smallest absolute Gasteiger partial charge is 0.238 e. The molecule has 0 saturated carbocycles. The van der Waals surface area contributed by atoms with Crippen LogP contribution >= 0.6 is 24.2 Å². The number of hydrogen-bond acceptors (Lipinski definition) is 5. The fraction of sp³-hybridized carbons (Fsp3) is 0.500. The molecule has 0 spiro atoms. The molecule has 6 heteroatoms. The van der Waals surface area contributed by atoms with Crippen LogP contribution in [0, 0.1) is 6.92 Å². The molecular formula is C6H9N3OS2. The summed E-state index contributed by atoms with van der Waals surface area (Å²) >= 11 is 5.14. The molecule has 4 nitrogen and oxygen atoms in total. The molecule has 1 unspecified atom stereocenters. The molecule has 12 heavy (non-hydrogen) atoms. The fourth-order valence-electron chi connectivity index (χ4n) is 0.558. The quantitative estimate of drug-likeness (QED) is 0.708. The normalized spacial score (nSPS) is 12.6. The molecule has 1 atom stereocenters. The van der Waals surface area contributed by atoms with Gasteiger partial charge in [-0.25, -0.2) is 4.98 Å². The topological polar surface area (TPSA) is 54.9 Å². The lowest BCUT2D eigenvalue weighted by Crippen LogP contribution is -2.20. The van der Waals surface area contributed by atoms with Gasteiger partial charge in [0.2, 0.25) is 11.0 Å². The molecule has 0 fully saturated rings. The van der Waals surface area contributed by atoms with Crippen LogP contribution in [0.4, 0.5) is 5.13 Å². The van der Waals surface area contributed by atoms with Gasteiger partial charge in [-0.05, 0) is 13.8 Å². The molecule has 0 bridgehead atoms. The average molecular weight is 203 g/mol. The monoisotopic (exact) mass is 203 g/mol. The third-order valence-corrected chi connectivity index (χ3v) is 2.09. The minimum absolute atomic E-state index is 0.158. The van der Waals surface area contributed by atoms with E-state index in [2.05, 4.69) is 27.3 Å². The van der Waals surface area contributed by atoms with Gasteiger partial charge in [-0.1, -0.05) is 0 Å². The molecule has 1 amide bonds. The Morgan fingerprint density at radius 3 is 2.83 bits per heavy atom. The van der Waals surface area contributed by atoms with Crippen molar-refractivity contribution in [2.24, 2.45) is 0 Å². The molecular weight excluding hydrogens is 194 g/mol. The minimum atomic E-state index is -0.325. The summed E-state index contributed by atoms with van der Waals surface area (Å²) in [7, 11) is 0. The number of anilines is 1. The molecule has 0 aliphatic carbocycles. The fourth-order valence-corrected chi connectivity index (χ4v) is 1.20. The van der Waals surface area contributed by atoms with Gasteiger partial charge in [0, 0.05) is 11.5 Å². The highest BCUT2D eigenvalue weighted by Crippen LogP contribution is 2.10. The van der Waals surface area contributed by atoms with E-state index in [1.165, 1.54) is 11.5 Å². The van der Waals surface area contributed by atoms with Crippen molar-refractivity contribution in [2.45, 2.75) is 19.1 Å². The molecule has 1 heterocycles. The van der Waals surface area contributed by atoms with Crippen LogP contribution in [0.15, 0.2) is 0 Å². The van der Waals surface area contributed by atoms with Gasteiger partial charge >= 0.3 is 0 Å². The number of amides is 1. The summed E-state index contributed by atoms with van der Waals surface area (Å²) in [6.45, 7) is 3.47. The van der Waals surface area contributed by atoms with Gasteiger partial charge in [-0.15, -0.1) is 0 Å². The zero-order chi connectivity index (χ0) is 9.14. The minimum Gasteiger partial charge on any atom is -0.300 e. The van der Waals surface area contributed by atoms with Crippen molar-refractivity contribution in [1.82, 2.24) is 9.36 Å². The second kappa shape index (κ2) is 3.86. The van der Waals surface area contributed by atoms with Crippen LogP contribution in [0.3, 0.4) is 0 Å². The predicted octanol–water partition coefficient (Wildman–Crippen LogP) is 1.10. The van der Waals surface area contributed by atoms with E-state index >= 15 is 0 Å². The second-order valence-corrected chi connectivity index (χ2v) is 3.84. The van der Waals surface area contributed by atoms with Crippen molar-refractivity contribution < 1.29 is 4.79 Å². The van der Waals surface area contributed by atoms with E-state index in [0.29, 0.717) is 11.0 Å². The van der Waals surface area contributed by atoms with Crippen LogP contribution in [0.1, 0.15) is 12.7 Å². The van der Waals surface area contributed by atoms with Crippen LogP contribution in [-0.4, -0.2) is 20.5 Å². The van der Waals surface area contributed by atoms with E-state index in [4.69, 9.17) is 0 Å². The van der Waals surface area contributed by atoms with Crippen LogP contribution in [-0.2, 0) is 4.79 Å². The van der Waals surface area contributed by atoms with Gasteiger partial charge in [-0.2, -0.15) is 17.0 Å². The zero-order valence-corrected chi connectivity index (χ0v) is 8.45. The molecule has 1 N–H and O–H groups in total. The number of rotatable bonds is 2. The first-order valence-electron chi connectivity index (χ1n) is 3.39. The molecule has 0 saturated heterocycles. The Kier molecular flexibility index (Phi) is 3.05. The maximum atomic E-state index is 11.1. The highest BCUT2D eigenvalue weighted by molar-refractivity contribution is 7.81. The Balaban J connectivity index is 2.58. The number of nitrogens with one attached hydrogen (secondary N) is 1. The largest absolute Gasteiger partial charge is 0.300 e. The summed E-state index contributed by atoms with van der Waals surface area (Å²) in [5.41, 5.74) is 0. The molecule has 1 rings (SSSR count). The Bertz CT molecular complexity index is 284. The summed E-state index contributed by atoms with van der Waals surface area (Å²) in [6.07, 6.45) is 0. The lowest BCUT2D eigenvalue weighted by atomic mass is 10.4. The second-order valence-electron chi connectivity index (χ2n) is 2.31. The summed E-state index contributed by atoms with van der Waals surface area (Å²) in [4.78, 5) is 15.0. The Morgan fingerprint density at radius 2 is 2.42 bits per heavy atom. The molecule has 0 aromatic carbocycles. The van der Waals surface area contributed by atoms with E-state index < -0.39 is 0 Å². The van der Waals surface area contributed by atoms with Crippen molar-refractivity contribution in [3.8, 4) is 0 Å². The molecule has 1 aromatic heterocycles. The Morgan fingerprint density at radius 1 is 1.75 bits per heavy atom. The van der Waals surface area contributed by atoms with Crippen LogP contribution in [0.5, 0.6) is 0 Å². The summed E-state index contributed by atoms with van der Waals surface area (Å²) in [5, 5.41) is 2.79. The maximum absolute atomic E-state index is 11.1. The van der Waals surface area contributed by atoms with Gasteiger partial charge in [0.15, 0.2) is 0 Å². The number of thiol groups is 1. The van der Waals surface area contributed by atoms with Crippen LogP contribution in [0.2, 0.25) is 0 Å². The molecule has 0 radical (unpaired) electrons. The van der Waals surface area contributed by atoms with E-state index in [9.17, 15) is 4.79 Å². The highest BCUT2D eigenvalue weighted by atomic mass is 32.1. The molecule has 66 valence electrons. The first kappa shape index (κ1) is 9.47. The lowest BCUT2D eigenvalue weighted by Gasteiger charge is -2.01. The summed E-state index contributed by atoms with van der Waals surface area (Å²) in [5.74, 6) is 0.511. The third kappa shape index (κ3) is 2.46. The molecule has 0 aliphatic heterocycles. The van der Waals surface area contributed by atoms with Crippen LogP contribution in [0.25, 0.3) is 0 Å². The van der Waals surface area contributed by atoms with Gasteiger partial charge in [-0.3, -0.25) is 10.1 Å².